The lowest BCUT2D eigenvalue weighted by Crippen LogP contribution is -2.06. The van der Waals surface area contributed by atoms with Gasteiger partial charge in [0.25, 0.3) is 0 Å². The molecule has 0 aliphatic carbocycles. The van der Waals surface area contributed by atoms with Gasteiger partial charge in [-0.2, -0.15) is 0 Å². The average molecular weight is 271 g/mol. The number of aryl methyl sites for hydroxylation is 1. The Morgan fingerprint density at radius 2 is 2.20 bits per heavy atom. The van der Waals surface area contributed by atoms with Crippen molar-refractivity contribution in [3.05, 3.63) is 29.3 Å². The first-order valence-corrected chi connectivity index (χ1v) is 6.09. The summed E-state index contributed by atoms with van der Waals surface area (Å²) in [4.78, 5) is 11.3. The Bertz CT molecular complexity index is 347. The third kappa shape index (κ3) is 3.67. The number of ketones is 1. The van der Waals surface area contributed by atoms with Crippen molar-refractivity contribution in [2.45, 2.75) is 20.3 Å². The highest BCUT2D eigenvalue weighted by atomic mass is 79.9. The van der Waals surface area contributed by atoms with Gasteiger partial charge in [-0.1, -0.05) is 28.1 Å². The molecule has 0 spiro atoms. The monoisotopic (exact) mass is 270 g/mol. The van der Waals surface area contributed by atoms with Crippen LogP contribution >= 0.6 is 15.9 Å². The summed E-state index contributed by atoms with van der Waals surface area (Å²) >= 11 is 3.16. The van der Waals surface area contributed by atoms with Crippen molar-refractivity contribution in [1.82, 2.24) is 0 Å². The van der Waals surface area contributed by atoms with Gasteiger partial charge in [-0.25, -0.2) is 0 Å². The molecule has 1 aromatic rings. The van der Waals surface area contributed by atoms with Crippen LogP contribution in [0.25, 0.3) is 0 Å². The number of Topliss-reactive ketones (excluding diaryl/α,β-unsaturated/α-hetero) is 1. The summed E-state index contributed by atoms with van der Waals surface area (Å²) in [7, 11) is 0. The molecule has 0 fully saturated rings. The van der Waals surface area contributed by atoms with Crippen LogP contribution in [-0.2, 0) is 11.2 Å². The van der Waals surface area contributed by atoms with Gasteiger partial charge in [-0.15, -0.1) is 0 Å². The van der Waals surface area contributed by atoms with Gasteiger partial charge in [-0.3, -0.25) is 4.79 Å². The minimum atomic E-state index is 0.166. The molecule has 0 saturated carbocycles. The van der Waals surface area contributed by atoms with E-state index in [4.69, 9.17) is 4.74 Å². The molecule has 0 saturated heterocycles. The largest absolute Gasteiger partial charge is 0.494 e. The third-order valence-electron chi connectivity index (χ3n) is 2.06. The maximum absolute atomic E-state index is 11.3. The number of halogens is 1. The zero-order valence-corrected chi connectivity index (χ0v) is 10.6. The summed E-state index contributed by atoms with van der Waals surface area (Å²) < 4.78 is 5.50. The van der Waals surface area contributed by atoms with E-state index in [1.807, 2.05) is 32.0 Å². The number of hydrogen-bond donors (Lipinski definition) is 0. The Labute approximate surface area is 98.8 Å². The summed E-state index contributed by atoms with van der Waals surface area (Å²) in [6, 6.07) is 5.93. The van der Waals surface area contributed by atoms with Crippen LogP contribution in [0.1, 0.15) is 18.1 Å². The van der Waals surface area contributed by atoms with Gasteiger partial charge in [-0.05, 0) is 25.5 Å². The second kappa shape index (κ2) is 5.91. The maximum atomic E-state index is 11.3. The fraction of sp³-hybridized carbons (Fsp3) is 0.417. The summed E-state index contributed by atoms with van der Waals surface area (Å²) in [6.07, 6.45) is 0.431. The van der Waals surface area contributed by atoms with Crippen LogP contribution in [-0.4, -0.2) is 17.7 Å². The van der Waals surface area contributed by atoms with Gasteiger partial charge >= 0.3 is 0 Å². The first-order valence-electron chi connectivity index (χ1n) is 4.97. The number of rotatable bonds is 5. The topological polar surface area (TPSA) is 26.3 Å². The van der Waals surface area contributed by atoms with E-state index < -0.39 is 0 Å². The van der Waals surface area contributed by atoms with Crippen LogP contribution in [0.4, 0.5) is 0 Å². The van der Waals surface area contributed by atoms with E-state index in [1.54, 1.807) is 0 Å². The molecular weight excluding hydrogens is 256 g/mol. The Morgan fingerprint density at radius 3 is 2.80 bits per heavy atom. The van der Waals surface area contributed by atoms with Crippen molar-refractivity contribution in [3.8, 4) is 5.75 Å². The molecular formula is C12H15BrO2. The highest BCUT2D eigenvalue weighted by Gasteiger charge is 2.08. The van der Waals surface area contributed by atoms with Gasteiger partial charge in [0.05, 0.1) is 11.9 Å². The molecule has 0 aliphatic rings. The van der Waals surface area contributed by atoms with Crippen LogP contribution in [0.2, 0.25) is 0 Å². The van der Waals surface area contributed by atoms with Crippen molar-refractivity contribution in [3.63, 3.8) is 0 Å². The Morgan fingerprint density at radius 1 is 1.47 bits per heavy atom. The van der Waals surface area contributed by atoms with E-state index in [9.17, 15) is 4.79 Å². The highest BCUT2D eigenvalue weighted by molar-refractivity contribution is 9.09. The quantitative estimate of drug-likeness (QED) is 0.770. The standard InChI is InChI=1S/C12H15BrO2/c1-3-15-12-6-9(2)4-5-10(12)7-11(14)8-13/h4-6H,3,7-8H2,1-2H3. The fourth-order valence-corrected chi connectivity index (χ4v) is 1.56. The van der Waals surface area contributed by atoms with E-state index in [2.05, 4.69) is 15.9 Å². The molecule has 1 rings (SSSR count). The number of carbonyl (C=O) groups excluding carboxylic acids is 1. The number of ether oxygens (including phenoxy) is 1. The summed E-state index contributed by atoms with van der Waals surface area (Å²) in [6.45, 7) is 4.58. The third-order valence-corrected chi connectivity index (χ3v) is 2.68. The maximum Gasteiger partial charge on any atom is 0.147 e. The van der Waals surface area contributed by atoms with E-state index in [-0.39, 0.29) is 5.78 Å². The minimum Gasteiger partial charge on any atom is -0.494 e. The number of hydrogen-bond acceptors (Lipinski definition) is 2. The molecule has 0 bridgehead atoms. The first-order chi connectivity index (χ1) is 7.17. The van der Waals surface area contributed by atoms with Gasteiger partial charge in [0.15, 0.2) is 0 Å². The van der Waals surface area contributed by atoms with E-state index >= 15 is 0 Å². The summed E-state index contributed by atoms with van der Waals surface area (Å²) in [5.41, 5.74) is 2.11. The van der Waals surface area contributed by atoms with Gasteiger partial charge < -0.3 is 4.74 Å². The summed E-state index contributed by atoms with van der Waals surface area (Å²) in [5.74, 6) is 0.992. The van der Waals surface area contributed by atoms with E-state index in [1.165, 1.54) is 0 Å². The van der Waals surface area contributed by atoms with Crippen LogP contribution in [0, 0.1) is 6.92 Å². The molecule has 0 unspecified atom stereocenters. The molecule has 0 atom stereocenters. The average Bonchev–Trinajstić information content (AvgIpc) is 2.22. The molecule has 0 N–H and O–H groups in total. The second-order valence-electron chi connectivity index (χ2n) is 3.39. The predicted octanol–water partition coefficient (Wildman–Crippen LogP) is 2.90. The lowest BCUT2D eigenvalue weighted by molar-refractivity contribution is -0.115. The van der Waals surface area contributed by atoms with E-state index in [0.717, 1.165) is 16.9 Å². The lowest BCUT2D eigenvalue weighted by atomic mass is 10.1. The first kappa shape index (κ1) is 12.2. The predicted molar refractivity (Wildman–Crippen MR) is 64.9 cm³/mol. The van der Waals surface area contributed by atoms with Crippen molar-refractivity contribution in [2.75, 3.05) is 11.9 Å². The molecule has 0 aromatic heterocycles. The fourth-order valence-electron chi connectivity index (χ4n) is 1.36. The molecule has 15 heavy (non-hydrogen) atoms. The smallest absolute Gasteiger partial charge is 0.147 e. The summed E-state index contributed by atoms with van der Waals surface area (Å²) in [5, 5.41) is 0.395. The SMILES string of the molecule is CCOc1cc(C)ccc1CC(=O)CBr. The second-order valence-corrected chi connectivity index (χ2v) is 3.95. The minimum absolute atomic E-state index is 0.166. The van der Waals surface area contributed by atoms with Crippen LogP contribution in [0.5, 0.6) is 5.75 Å². The highest BCUT2D eigenvalue weighted by Crippen LogP contribution is 2.21. The van der Waals surface area contributed by atoms with Crippen molar-refractivity contribution >= 4 is 21.7 Å². The van der Waals surface area contributed by atoms with Gasteiger partial charge in [0.1, 0.15) is 11.5 Å². The molecule has 0 amide bonds. The number of benzene rings is 1. The van der Waals surface area contributed by atoms with Crippen molar-refractivity contribution < 1.29 is 9.53 Å². The molecule has 82 valence electrons. The molecule has 3 heteroatoms. The van der Waals surface area contributed by atoms with Crippen molar-refractivity contribution in [2.24, 2.45) is 0 Å². The van der Waals surface area contributed by atoms with Crippen LogP contribution < -0.4 is 4.74 Å². The Kier molecular flexibility index (Phi) is 4.82. The zero-order valence-electron chi connectivity index (χ0n) is 9.05. The van der Waals surface area contributed by atoms with Gasteiger partial charge in [0.2, 0.25) is 0 Å². The molecule has 0 aliphatic heterocycles. The van der Waals surface area contributed by atoms with Crippen LogP contribution in [0.15, 0.2) is 18.2 Å². The number of alkyl halides is 1. The lowest BCUT2D eigenvalue weighted by Gasteiger charge is -2.10. The van der Waals surface area contributed by atoms with Crippen molar-refractivity contribution in [1.29, 1.82) is 0 Å². The molecule has 0 heterocycles. The normalized spacial score (nSPS) is 10.1. The van der Waals surface area contributed by atoms with Crippen LogP contribution in [0.3, 0.4) is 0 Å². The number of carbonyl (C=O) groups is 1. The zero-order chi connectivity index (χ0) is 11.3. The molecule has 0 radical (unpaired) electrons. The Balaban J connectivity index is 2.89. The molecule has 1 aromatic carbocycles. The van der Waals surface area contributed by atoms with Gasteiger partial charge in [0, 0.05) is 12.0 Å². The Hall–Kier alpha value is -0.830. The molecule has 2 nitrogen and oxygen atoms in total. The van der Waals surface area contributed by atoms with E-state index in [0.29, 0.717) is 18.4 Å².